The summed E-state index contributed by atoms with van der Waals surface area (Å²) >= 11 is 0. The maximum absolute atomic E-state index is 11.8. The van der Waals surface area contributed by atoms with Crippen molar-refractivity contribution in [3.8, 4) is 0 Å². The lowest BCUT2D eigenvalue weighted by molar-refractivity contribution is -0.385. The first-order valence-electron chi connectivity index (χ1n) is 5.98. The quantitative estimate of drug-likeness (QED) is 0.659. The van der Waals surface area contributed by atoms with Crippen LogP contribution in [0.3, 0.4) is 0 Å². The number of hydrogen-bond acceptors (Lipinski definition) is 6. The van der Waals surface area contributed by atoms with E-state index in [1.165, 1.54) is 12.1 Å². The molecule has 1 aromatic carbocycles. The summed E-state index contributed by atoms with van der Waals surface area (Å²) in [6, 6.07) is 5.50. The number of nitro groups is 1. The molecule has 1 heterocycles. The molecule has 9 heteroatoms. The van der Waals surface area contributed by atoms with Crippen molar-refractivity contribution in [2.75, 3.05) is 11.6 Å². The number of aryl methyl sites for hydroxylation is 1. The van der Waals surface area contributed by atoms with Gasteiger partial charge in [0.1, 0.15) is 0 Å². The number of nitrogens with one attached hydrogen (secondary N) is 1. The van der Waals surface area contributed by atoms with Crippen LogP contribution in [0, 0.1) is 10.1 Å². The second-order valence-electron chi connectivity index (χ2n) is 4.51. The number of hydrogen-bond donors (Lipinski definition) is 1. The highest BCUT2D eigenvalue weighted by Crippen LogP contribution is 2.26. The van der Waals surface area contributed by atoms with Gasteiger partial charge in [-0.15, -0.1) is 0 Å². The predicted octanol–water partition coefficient (Wildman–Crippen LogP) is 1.34. The Morgan fingerprint density at radius 3 is 2.62 bits per heavy atom. The van der Waals surface area contributed by atoms with Crippen molar-refractivity contribution in [3.05, 3.63) is 46.3 Å². The maximum Gasteiger partial charge on any atom is 0.270 e. The zero-order valence-corrected chi connectivity index (χ0v) is 12.3. The zero-order valence-electron chi connectivity index (χ0n) is 11.5. The van der Waals surface area contributed by atoms with Gasteiger partial charge in [0.05, 0.1) is 27.7 Å². The van der Waals surface area contributed by atoms with Crippen molar-refractivity contribution >= 4 is 21.2 Å². The Morgan fingerprint density at radius 1 is 1.38 bits per heavy atom. The fourth-order valence-corrected chi connectivity index (χ4v) is 2.71. The van der Waals surface area contributed by atoms with Gasteiger partial charge in [-0.1, -0.05) is 0 Å². The van der Waals surface area contributed by atoms with Crippen LogP contribution in [0.15, 0.2) is 35.4 Å². The van der Waals surface area contributed by atoms with Crippen LogP contribution in [0.5, 0.6) is 0 Å². The van der Waals surface area contributed by atoms with Gasteiger partial charge in [0.15, 0.2) is 9.84 Å². The van der Waals surface area contributed by atoms with Crippen LogP contribution in [0.2, 0.25) is 0 Å². The summed E-state index contributed by atoms with van der Waals surface area (Å²) in [4.78, 5) is 10.0. The Labute approximate surface area is 121 Å². The van der Waals surface area contributed by atoms with E-state index < -0.39 is 14.8 Å². The monoisotopic (exact) mass is 310 g/mol. The summed E-state index contributed by atoms with van der Waals surface area (Å²) < 4.78 is 25.2. The van der Waals surface area contributed by atoms with Gasteiger partial charge in [-0.2, -0.15) is 5.10 Å². The molecule has 0 aliphatic heterocycles. The van der Waals surface area contributed by atoms with E-state index in [9.17, 15) is 18.5 Å². The molecule has 1 N–H and O–H groups in total. The number of nitro benzene ring substituents is 1. The van der Waals surface area contributed by atoms with Crippen LogP contribution >= 0.6 is 0 Å². The average Bonchev–Trinajstić information content (AvgIpc) is 2.80. The fraction of sp³-hybridized carbons (Fsp3) is 0.250. The molecule has 0 unspecified atom stereocenters. The molecule has 2 rings (SSSR count). The number of benzene rings is 1. The van der Waals surface area contributed by atoms with E-state index in [0.29, 0.717) is 12.2 Å². The molecule has 0 aliphatic rings. The molecule has 1 aromatic heterocycles. The minimum atomic E-state index is -3.58. The molecule has 112 valence electrons. The fourth-order valence-electron chi connectivity index (χ4n) is 1.84. The molecule has 0 bridgehead atoms. The topological polar surface area (TPSA) is 107 Å². The lowest BCUT2D eigenvalue weighted by Gasteiger charge is -2.11. The van der Waals surface area contributed by atoms with E-state index in [-0.39, 0.29) is 10.6 Å². The third-order valence-corrected chi connectivity index (χ3v) is 4.09. The van der Waals surface area contributed by atoms with E-state index in [1.807, 2.05) is 0 Å². The van der Waals surface area contributed by atoms with Crippen molar-refractivity contribution in [1.82, 2.24) is 9.78 Å². The highest BCUT2D eigenvalue weighted by molar-refractivity contribution is 7.90. The second-order valence-corrected chi connectivity index (χ2v) is 6.49. The maximum atomic E-state index is 11.8. The molecule has 2 aromatic rings. The SMILES string of the molecule is Cn1nccc1CNc1ccc([N+](=O)[O-])cc1S(C)(=O)=O. The van der Waals surface area contributed by atoms with Gasteiger partial charge < -0.3 is 5.32 Å². The highest BCUT2D eigenvalue weighted by atomic mass is 32.2. The van der Waals surface area contributed by atoms with E-state index in [0.717, 1.165) is 18.0 Å². The van der Waals surface area contributed by atoms with E-state index in [2.05, 4.69) is 10.4 Å². The van der Waals surface area contributed by atoms with Crippen LogP contribution in [0.1, 0.15) is 5.69 Å². The van der Waals surface area contributed by atoms with Crippen LogP contribution in [0.4, 0.5) is 11.4 Å². The molecule has 8 nitrogen and oxygen atoms in total. The summed E-state index contributed by atoms with van der Waals surface area (Å²) in [6.45, 7) is 0.358. The van der Waals surface area contributed by atoms with Crippen LogP contribution in [0.25, 0.3) is 0 Å². The first kappa shape index (κ1) is 15.0. The molecule has 0 saturated carbocycles. The summed E-state index contributed by atoms with van der Waals surface area (Å²) in [7, 11) is -1.81. The number of nitrogens with zero attached hydrogens (tertiary/aromatic N) is 3. The summed E-state index contributed by atoms with van der Waals surface area (Å²) in [5.74, 6) is 0. The molecule has 0 aliphatic carbocycles. The lowest BCUT2D eigenvalue weighted by atomic mass is 10.2. The van der Waals surface area contributed by atoms with Crippen LogP contribution in [-0.4, -0.2) is 29.4 Å². The summed E-state index contributed by atoms with van der Waals surface area (Å²) in [5, 5.41) is 17.7. The Morgan fingerprint density at radius 2 is 2.10 bits per heavy atom. The average molecular weight is 310 g/mol. The molecular formula is C12H14N4O4S. The number of rotatable bonds is 5. The Bertz CT molecular complexity index is 782. The molecule has 0 atom stereocenters. The van der Waals surface area contributed by atoms with Gasteiger partial charge in [-0.25, -0.2) is 8.42 Å². The normalized spacial score (nSPS) is 11.3. The smallest absolute Gasteiger partial charge is 0.270 e. The second kappa shape index (κ2) is 5.52. The number of anilines is 1. The van der Waals surface area contributed by atoms with Crippen LogP contribution < -0.4 is 5.32 Å². The van der Waals surface area contributed by atoms with Gasteiger partial charge in [-0.05, 0) is 12.1 Å². The lowest BCUT2D eigenvalue weighted by Crippen LogP contribution is -2.09. The minimum absolute atomic E-state index is 0.0983. The summed E-state index contributed by atoms with van der Waals surface area (Å²) in [5.41, 5.74) is 0.915. The van der Waals surface area contributed by atoms with Crippen molar-refractivity contribution in [3.63, 3.8) is 0 Å². The molecule has 0 saturated heterocycles. The Kier molecular flexibility index (Phi) is 3.94. The van der Waals surface area contributed by atoms with Crippen molar-refractivity contribution in [1.29, 1.82) is 0 Å². The molecule has 0 fully saturated rings. The molecule has 0 amide bonds. The zero-order chi connectivity index (χ0) is 15.6. The molecule has 0 radical (unpaired) electrons. The first-order chi connectivity index (χ1) is 9.79. The van der Waals surface area contributed by atoms with Gasteiger partial charge in [0.2, 0.25) is 0 Å². The largest absolute Gasteiger partial charge is 0.378 e. The van der Waals surface area contributed by atoms with Crippen molar-refractivity contribution < 1.29 is 13.3 Å². The third kappa shape index (κ3) is 3.37. The Hall–Kier alpha value is -2.42. The van der Waals surface area contributed by atoms with Gasteiger partial charge >= 0.3 is 0 Å². The van der Waals surface area contributed by atoms with Gasteiger partial charge in [0, 0.05) is 31.6 Å². The van der Waals surface area contributed by atoms with Crippen molar-refractivity contribution in [2.24, 2.45) is 7.05 Å². The third-order valence-electron chi connectivity index (χ3n) is 2.96. The predicted molar refractivity (Wildman–Crippen MR) is 76.7 cm³/mol. The van der Waals surface area contributed by atoms with Gasteiger partial charge in [-0.3, -0.25) is 14.8 Å². The number of aromatic nitrogens is 2. The molecule has 21 heavy (non-hydrogen) atoms. The Balaban J connectivity index is 2.35. The number of sulfone groups is 1. The standard InChI is InChI=1S/C12H14N4O4S/c1-15-10(5-6-14-15)8-13-11-4-3-9(16(17)18)7-12(11)21(2,19)20/h3-7,13H,8H2,1-2H3. The van der Waals surface area contributed by atoms with Gasteiger partial charge in [0.25, 0.3) is 5.69 Å². The number of non-ortho nitro benzene ring substituents is 1. The minimum Gasteiger partial charge on any atom is -0.378 e. The summed E-state index contributed by atoms with van der Waals surface area (Å²) in [6.07, 6.45) is 2.64. The first-order valence-corrected chi connectivity index (χ1v) is 7.87. The van der Waals surface area contributed by atoms with E-state index in [1.54, 1.807) is 24.0 Å². The molecular weight excluding hydrogens is 296 g/mol. The highest BCUT2D eigenvalue weighted by Gasteiger charge is 2.18. The van der Waals surface area contributed by atoms with Crippen molar-refractivity contribution in [2.45, 2.75) is 11.4 Å². The van der Waals surface area contributed by atoms with E-state index >= 15 is 0 Å². The van der Waals surface area contributed by atoms with Crippen LogP contribution in [-0.2, 0) is 23.4 Å². The van der Waals surface area contributed by atoms with E-state index in [4.69, 9.17) is 0 Å². The molecule has 0 spiro atoms.